The molecule has 19 heavy (non-hydrogen) atoms. The number of anilines is 1. The van der Waals surface area contributed by atoms with Crippen LogP contribution in [0.1, 0.15) is 0 Å². The van der Waals surface area contributed by atoms with Crippen molar-refractivity contribution in [3.63, 3.8) is 0 Å². The number of nitrogen functional groups attached to an aromatic ring is 1. The van der Waals surface area contributed by atoms with E-state index in [-0.39, 0.29) is 11.4 Å². The van der Waals surface area contributed by atoms with Gasteiger partial charge in [-0.2, -0.15) is 0 Å². The molecular formula is C12H8BrClN2O3. The summed E-state index contributed by atoms with van der Waals surface area (Å²) in [6.45, 7) is 0. The molecule has 0 radical (unpaired) electrons. The van der Waals surface area contributed by atoms with Crippen LogP contribution in [0.15, 0.2) is 40.9 Å². The number of halogens is 2. The van der Waals surface area contributed by atoms with Gasteiger partial charge >= 0.3 is 0 Å². The highest BCUT2D eigenvalue weighted by Gasteiger charge is 2.12. The van der Waals surface area contributed by atoms with Gasteiger partial charge in [0.2, 0.25) is 0 Å². The van der Waals surface area contributed by atoms with Gasteiger partial charge in [-0.05, 0) is 24.3 Å². The van der Waals surface area contributed by atoms with Gasteiger partial charge in [0, 0.05) is 16.6 Å². The standard InChI is InChI=1S/C12H8BrClN2O3/c13-7-1-3-9(14)12(5-7)19-8-2-4-11(16(17)18)10(15)6-8/h1-6H,15H2. The molecule has 0 fully saturated rings. The number of hydrogen-bond acceptors (Lipinski definition) is 4. The second kappa shape index (κ2) is 5.46. The Balaban J connectivity index is 2.31. The molecule has 98 valence electrons. The third kappa shape index (κ3) is 3.15. The molecule has 0 aliphatic carbocycles. The molecule has 0 unspecified atom stereocenters. The van der Waals surface area contributed by atoms with Gasteiger partial charge in [-0.1, -0.05) is 27.5 Å². The maximum atomic E-state index is 10.6. The summed E-state index contributed by atoms with van der Waals surface area (Å²) in [5.74, 6) is 0.812. The first-order chi connectivity index (χ1) is 8.97. The van der Waals surface area contributed by atoms with Crippen LogP contribution < -0.4 is 10.5 Å². The Bertz CT molecular complexity index is 649. The number of hydrogen-bond donors (Lipinski definition) is 1. The Morgan fingerprint density at radius 3 is 2.63 bits per heavy atom. The average molecular weight is 344 g/mol. The van der Waals surface area contributed by atoms with Crippen molar-refractivity contribution >= 4 is 38.9 Å². The summed E-state index contributed by atoms with van der Waals surface area (Å²) in [6.07, 6.45) is 0. The van der Waals surface area contributed by atoms with E-state index in [1.165, 1.54) is 18.2 Å². The minimum Gasteiger partial charge on any atom is -0.456 e. The molecule has 0 aromatic heterocycles. The van der Waals surface area contributed by atoms with Crippen LogP contribution in [0.5, 0.6) is 11.5 Å². The van der Waals surface area contributed by atoms with Crippen LogP contribution in [0.3, 0.4) is 0 Å². The summed E-state index contributed by atoms with van der Waals surface area (Å²) < 4.78 is 6.35. The third-order valence-corrected chi connectivity index (χ3v) is 3.12. The molecule has 0 bridgehead atoms. The molecule has 0 saturated heterocycles. The summed E-state index contributed by atoms with van der Waals surface area (Å²) in [6, 6.07) is 9.28. The van der Waals surface area contributed by atoms with Gasteiger partial charge in [-0.3, -0.25) is 10.1 Å². The van der Waals surface area contributed by atoms with Crippen molar-refractivity contribution in [1.29, 1.82) is 0 Å². The molecule has 0 saturated carbocycles. The van der Waals surface area contributed by atoms with Crippen molar-refractivity contribution in [2.45, 2.75) is 0 Å². The lowest BCUT2D eigenvalue weighted by atomic mass is 10.2. The minimum absolute atomic E-state index is 0.0358. The lowest BCUT2D eigenvalue weighted by Crippen LogP contribution is -1.96. The molecule has 2 N–H and O–H groups in total. The van der Waals surface area contributed by atoms with Gasteiger partial charge in [0.25, 0.3) is 5.69 Å². The summed E-state index contributed by atoms with van der Waals surface area (Å²) in [5, 5.41) is 11.1. The number of nitro groups is 1. The number of nitrogens with zero attached hydrogens (tertiary/aromatic N) is 1. The molecule has 2 aromatic carbocycles. The predicted octanol–water partition coefficient (Wildman–Crippen LogP) is 4.39. The van der Waals surface area contributed by atoms with E-state index in [9.17, 15) is 10.1 Å². The van der Waals surface area contributed by atoms with Gasteiger partial charge in [0.05, 0.1) is 9.95 Å². The Hall–Kier alpha value is -1.79. The van der Waals surface area contributed by atoms with E-state index in [4.69, 9.17) is 22.1 Å². The first kappa shape index (κ1) is 13.6. The number of nitro benzene ring substituents is 1. The molecule has 0 aliphatic rings. The topological polar surface area (TPSA) is 78.4 Å². The monoisotopic (exact) mass is 342 g/mol. The Kier molecular flexibility index (Phi) is 3.92. The summed E-state index contributed by atoms with van der Waals surface area (Å²) in [5.41, 5.74) is 5.46. The molecule has 0 atom stereocenters. The molecule has 0 spiro atoms. The second-order valence-electron chi connectivity index (χ2n) is 3.65. The quantitative estimate of drug-likeness (QED) is 0.509. The fraction of sp³-hybridized carbons (Fsp3) is 0. The lowest BCUT2D eigenvalue weighted by Gasteiger charge is -2.08. The van der Waals surface area contributed by atoms with E-state index >= 15 is 0 Å². The minimum atomic E-state index is -0.550. The van der Waals surface area contributed by atoms with E-state index in [1.807, 2.05) is 0 Å². The Labute approximate surface area is 122 Å². The third-order valence-electron chi connectivity index (χ3n) is 2.32. The van der Waals surface area contributed by atoms with Crippen LogP contribution in [0, 0.1) is 10.1 Å². The Morgan fingerprint density at radius 1 is 1.26 bits per heavy atom. The van der Waals surface area contributed by atoms with Gasteiger partial charge in [0.15, 0.2) is 0 Å². The fourth-order valence-corrected chi connectivity index (χ4v) is 1.94. The first-order valence-electron chi connectivity index (χ1n) is 5.14. The van der Waals surface area contributed by atoms with Crippen molar-refractivity contribution in [1.82, 2.24) is 0 Å². The fourth-order valence-electron chi connectivity index (χ4n) is 1.44. The average Bonchev–Trinajstić information content (AvgIpc) is 2.33. The van der Waals surface area contributed by atoms with Gasteiger partial charge in [0.1, 0.15) is 17.2 Å². The second-order valence-corrected chi connectivity index (χ2v) is 4.98. The van der Waals surface area contributed by atoms with Crippen LogP contribution in [-0.4, -0.2) is 4.92 Å². The lowest BCUT2D eigenvalue weighted by molar-refractivity contribution is -0.383. The van der Waals surface area contributed by atoms with Gasteiger partial charge in [-0.15, -0.1) is 0 Å². The van der Waals surface area contributed by atoms with Crippen molar-refractivity contribution in [3.05, 3.63) is 56.0 Å². The van der Waals surface area contributed by atoms with E-state index in [0.717, 1.165) is 4.47 Å². The number of rotatable bonds is 3. The van der Waals surface area contributed by atoms with Crippen molar-refractivity contribution in [2.24, 2.45) is 0 Å². The molecule has 0 amide bonds. The molecule has 0 aliphatic heterocycles. The van der Waals surface area contributed by atoms with Crippen LogP contribution in [0.25, 0.3) is 0 Å². The van der Waals surface area contributed by atoms with E-state index < -0.39 is 4.92 Å². The highest BCUT2D eigenvalue weighted by molar-refractivity contribution is 9.10. The summed E-state index contributed by atoms with van der Waals surface area (Å²) in [7, 11) is 0. The molecule has 0 heterocycles. The van der Waals surface area contributed by atoms with Crippen LogP contribution >= 0.6 is 27.5 Å². The zero-order chi connectivity index (χ0) is 14.0. The molecule has 5 nitrogen and oxygen atoms in total. The maximum absolute atomic E-state index is 10.6. The smallest absolute Gasteiger partial charge is 0.292 e. The van der Waals surface area contributed by atoms with Gasteiger partial charge in [-0.25, -0.2) is 0 Å². The molecular weight excluding hydrogens is 336 g/mol. The van der Waals surface area contributed by atoms with Crippen molar-refractivity contribution in [2.75, 3.05) is 5.73 Å². The van der Waals surface area contributed by atoms with E-state index in [0.29, 0.717) is 16.5 Å². The van der Waals surface area contributed by atoms with Crippen molar-refractivity contribution < 1.29 is 9.66 Å². The zero-order valence-electron chi connectivity index (χ0n) is 9.47. The largest absolute Gasteiger partial charge is 0.456 e. The van der Waals surface area contributed by atoms with E-state index in [2.05, 4.69) is 15.9 Å². The molecule has 2 aromatic rings. The highest BCUT2D eigenvalue weighted by atomic mass is 79.9. The van der Waals surface area contributed by atoms with Crippen LogP contribution in [0.4, 0.5) is 11.4 Å². The number of benzene rings is 2. The predicted molar refractivity (Wildman–Crippen MR) is 76.7 cm³/mol. The van der Waals surface area contributed by atoms with Crippen molar-refractivity contribution in [3.8, 4) is 11.5 Å². The number of nitrogens with two attached hydrogens (primary N) is 1. The SMILES string of the molecule is Nc1cc(Oc2cc(Br)ccc2Cl)ccc1[N+](=O)[O-]. The zero-order valence-corrected chi connectivity index (χ0v) is 11.8. The van der Waals surface area contributed by atoms with Crippen LogP contribution in [0.2, 0.25) is 5.02 Å². The number of ether oxygens (including phenoxy) is 1. The van der Waals surface area contributed by atoms with E-state index in [1.54, 1.807) is 18.2 Å². The Morgan fingerprint density at radius 2 is 2.00 bits per heavy atom. The van der Waals surface area contributed by atoms with Gasteiger partial charge < -0.3 is 10.5 Å². The summed E-state index contributed by atoms with van der Waals surface area (Å²) >= 11 is 9.28. The molecule has 7 heteroatoms. The normalized spacial score (nSPS) is 10.2. The highest BCUT2D eigenvalue weighted by Crippen LogP contribution is 2.34. The summed E-state index contributed by atoms with van der Waals surface area (Å²) in [4.78, 5) is 10.1. The first-order valence-corrected chi connectivity index (χ1v) is 6.31. The maximum Gasteiger partial charge on any atom is 0.292 e. The van der Waals surface area contributed by atoms with Crippen LogP contribution in [-0.2, 0) is 0 Å². The molecule has 2 rings (SSSR count).